The predicted octanol–water partition coefficient (Wildman–Crippen LogP) is 13.5. The lowest BCUT2D eigenvalue weighted by molar-refractivity contribution is 0.481. The van der Waals surface area contributed by atoms with Gasteiger partial charge in [-0.15, -0.1) is 0 Å². The molecule has 2 heterocycles. The molecule has 1 aliphatic rings. The summed E-state index contributed by atoms with van der Waals surface area (Å²) in [6.07, 6.45) is 7.55. The fraction of sp³-hybridized carbons (Fsp3) is 0. The number of hydrogen-bond donors (Lipinski definition) is 1. The Morgan fingerprint density at radius 3 is 1.98 bits per heavy atom. The van der Waals surface area contributed by atoms with Crippen LogP contribution < -0.4 is 10.1 Å². The zero-order valence-electron chi connectivity index (χ0n) is 27.8. The number of furan rings is 1. The van der Waals surface area contributed by atoms with Crippen LogP contribution in [0, 0.1) is 0 Å². The first kappa shape index (κ1) is 30.2. The van der Waals surface area contributed by atoms with Gasteiger partial charge in [0, 0.05) is 44.4 Å². The van der Waals surface area contributed by atoms with E-state index in [0.29, 0.717) is 0 Å². The molecule has 0 unspecified atom stereocenters. The molecule has 0 bridgehead atoms. The van der Waals surface area contributed by atoms with Crippen molar-refractivity contribution in [2.24, 2.45) is 0 Å². The number of para-hydroxylation sites is 4. The minimum atomic E-state index is 0.792. The molecule has 0 spiro atoms. The Balaban J connectivity index is 1.09. The number of rotatable bonds is 6. The van der Waals surface area contributed by atoms with E-state index in [0.717, 1.165) is 89.1 Å². The zero-order chi connectivity index (χ0) is 34.1. The molecule has 9 rings (SSSR count). The van der Waals surface area contributed by atoms with Gasteiger partial charge >= 0.3 is 0 Å². The van der Waals surface area contributed by atoms with E-state index < -0.39 is 0 Å². The quantitative estimate of drug-likeness (QED) is 0.194. The highest BCUT2D eigenvalue weighted by Crippen LogP contribution is 2.42. The largest absolute Gasteiger partial charge is 0.464 e. The van der Waals surface area contributed by atoms with E-state index in [9.17, 15) is 0 Å². The summed E-state index contributed by atoms with van der Waals surface area (Å²) in [7, 11) is 0. The molecule has 242 valence electrons. The van der Waals surface area contributed by atoms with Crippen molar-refractivity contribution in [1.82, 2.24) is 0 Å². The maximum Gasteiger partial charge on any atom is 0.143 e. The summed E-state index contributed by atoms with van der Waals surface area (Å²) >= 11 is 0. The molecule has 0 saturated heterocycles. The molecule has 0 radical (unpaired) electrons. The number of ether oxygens (including phenoxy) is 1. The van der Waals surface area contributed by atoms with E-state index in [-0.39, 0.29) is 0 Å². The van der Waals surface area contributed by atoms with Gasteiger partial charge in [0.15, 0.2) is 0 Å². The van der Waals surface area contributed by atoms with Gasteiger partial charge in [0.2, 0.25) is 0 Å². The minimum absolute atomic E-state index is 0.792. The molecule has 7 aromatic carbocycles. The third kappa shape index (κ3) is 5.71. The standard InChI is InChI=1S/C48H33NO2/c1-32-13-9-10-28-50-47-39(32)18-11-20-43(47)41-16-5-7-22-45(41)49-38-26-24-34(25-27-38)36-29-35(33-14-3-2-4-15-33)30-37(31-36)40-19-12-21-44-42-17-6-8-23-46(42)51-48(40)44/h2-31,49H,1H2/b13-9-,28-10-. The molecule has 0 aliphatic carbocycles. The predicted molar refractivity (Wildman–Crippen MR) is 213 cm³/mol. The average Bonchev–Trinajstić information content (AvgIpc) is 3.57. The summed E-state index contributed by atoms with van der Waals surface area (Å²) in [5.74, 6) is 0.792. The van der Waals surface area contributed by atoms with Crippen LogP contribution in [0.5, 0.6) is 5.75 Å². The maximum atomic E-state index is 6.46. The van der Waals surface area contributed by atoms with Gasteiger partial charge in [-0.25, -0.2) is 0 Å². The van der Waals surface area contributed by atoms with Crippen LogP contribution in [0.3, 0.4) is 0 Å². The maximum absolute atomic E-state index is 6.46. The summed E-state index contributed by atoms with van der Waals surface area (Å²) in [5.41, 5.74) is 14.5. The fourth-order valence-electron chi connectivity index (χ4n) is 6.99. The third-order valence-electron chi connectivity index (χ3n) is 9.50. The van der Waals surface area contributed by atoms with Crippen LogP contribution in [0.4, 0.5) is 11.4 Å². The van der Waals surface area contributed by atoms with Crippen LogP contribution in [-0.4, -0.2) is 0 Å². The van der Waals surface area contributed by atoms with Crippen molar-refractivity contribution in [2.75, 3.05) is 5.32 Å². The van der Waals surface area contributed by atoms with Crippen molar-refractivity contribution >= 4 is 38.9 Å². The van der Waals surface area contributed by atoms with Crippen molar-refractivity contribution in [2.45, 2.75) is 0 Å². The second-order valence-corrected chi connectivity index (χ2v) is 12.7. The number of benzene rings is 7. The van der Waals surface area contributed by atoms with Crippen LogP contribution in [-0.2, 0) is 0 Å². The Hall–Kier alpha value is -6.84. The fourth-order valence-corrected chi connectivity index (χ4v) is 6.99. The molecule has 0 amide bonds. The van der Waals surface area contributed by atoms with E-state index in [2.05, 4.69) is 157 Å². The summed E-state index contributed by atoms with van der Waals surface area (Å²) in [5, 5.41) is 5.93. The summed E-state index contributed by atoms with van der Waals surface area (Å²) < 4.78 is 12.6. The van der Waals surface area contributed by atoms with Gasteiger partial charge in [0.25, 0.3) is 0 Å². The van der Waals surface area contributed by atoms with Gasteiger partial charge in [-0.2, -0.15) is 0 Å². The lowest BCUT2D eigenvalue weighted by Crippen LogP contribution is -1.97. The van der Waals surface area contributed by atoms with Crippen LogP contribution in [0.1, 0.15) is 5.56 Å². The number of fused-ring (bicyclic) bond motifs is 4. The van der Waals surface area contributed by atoms with Crippen molar-refractivity contribution in [3.05, 3.63) is 194 Å². The molecule has 0 saturated carbocycles. The van der Waals surface area contributed by atoms with Crippen LogP contribution in [0.15, 0.2) is 193 Å². The minimum Gasteiger partial charge on any atom is -0.464 e. The second-order valence-electron chi connectivity index (χ2n) is 12.7. The molecular formula is C48H33NO2. The summed E-state index contributed by atoms with van der Waals surface area (Å²) in [6.45, 7) is 4.26. The highest BCUT2D eigenvalue weighted by atomic mass is 16.5. The Kier molecular flexibility index (Phi) is 7.64. The lowest BCUT2D eigenvalue weighted by Gasteiger charge is -2.18. The first-order valence-corrected chi connectivity index (χ1v) is 17.1. The zero-order valence-corrected chi connectivity index (χ0v) is 27.8. The van der Waals surface area contributed by atoms with Gasteiger partial charge < -0.3 is 14.5 Å². The van der Waals surface area contributed by atoms with E-state index in [1.165, 1.54) is 5.56 Å². The van der Waals surface area contributed by atoms with Crippen LogP contribution >= 0.6 is 0 Å². The van der Waals surface area contributed by atoms with Gasteiger partial charge in [-0.05, 0) is 81.9 Å². The highest BCUT2D eigenvalue weighted by Gasteiger charge is 2.17. The molecule has 1 aliphatic heterocycles. The van der Waals surface area contributed by atoms with E-state index in [1.807, 2.05) is 30.4 Å². The van der Waals surface area contributed by atoms with Crippen molar-refractivity contribution in [3.63, 3.8) is 0 Å². The molecule has 1 aromatic heterocycles. The number of hydrogen-bond acceptors (Lipinski definition) is 3. The van der Waals surface area contributed by atoms with E-state index in [4.69, 9.17) is 9.15 Å². The second kappa shape index (κ2) is 12.9. The monoisotopic (exact) mass is 655 g/mol. The Bertz CT molecular complexity index is 2640. The van der Waals surface area contributed by atoms with Crippen molar-refractivity contribution < 1.29 is 9.15 Å². The first-order chi connectivity index (χ1) is 25.2. The molecule has 8 aromatic rings. The molecule has 0 atom stereocenters. The smallest absolute Gasteiger partial charge is 0.143 e. The topological polar surface area (TPSA) is 34.4 Å². The molecule has 3 nitrogen and oxygen atoms in total. The van der Waals surface area contributed by atoms with Gasteiger partial charge in [-0.1, -0.05) is 134 Å². The van der Waals surface area contributed by atoms with Crippen LogP contribution in [0.25, 0.3) is 72.0 Å². The lowest BCUT2D eigenvalue weighted by atomic mass is 9.92. The summed E-state index contributed by atoms with van der Waals surface area (Å²) in [4.78, 5) is 0. The Labute approximate surface area is 297 Å². The van der Waals surface area contributed by atoms with Crippen molar-refractivity contribution in [3.8, 4) is 50.3 Å². The van der Waals surface area contributed by atoms with Crippen LogP contribution in [0.2, 0.25) is 0 Å². The van der Waals surface area contributed by atoms with Crippen molar-refractivity contribution in [1.29, 1.82) is 0 Å². The molecule has 1 N–H and O–H groups in total. The van der Waals surface area contributed by atoms with E-state index in [1.54, 1.807) is 6.26 Å². The highest BCUT2D eigenvalue weighted by molar-refractivity contribution is 6.09. The molecule has 3 heteroatoms. The SMILES string of the molecule is C=C1/C=C\C=C/Oc2c1cccc2-c1ccccc1Nc1ccc(-c2cc(-c3ccccc3)cc(-c3cccc4c3oc3ccccc34)c2)cc1. The Morgan fingerprint density at radius 1 is 0.471 bits per heavy atom. The number of allylic oxidation sites excluding steroid dienone is 4. The van der Waals surface area contributed by atoms with Gasteiger partial charge in [-0.3, -0.25) is 0 Å². The Morgan fingerprint density at radius 2 is 1.12 bits per heavy atom. The first-order valence-electron chi connectivity index (χ1n) is 17.1. The molecule has 0 fully saturated rings. The third-order valence-corrected chi connectivity index (χ3v) is 9.50. The normalized spacial score (nSPS) is 13.6. The van der Waals surface area contributed by atoms with Gasteiger partial charge in [0.1, 0.15) is 16.9 Å². The summed E-state index contributed by atoms with van der Waals surface area (Å²) in [6, 6.07) is 55.2. The van der Waals surface area contributed by atoms with Gasteiger partial charge in [0.05, 0.1) is 6.26 Å². The number of nitrogens with one attached hydrogen (secondary N) is 1. The van der Waals surface area contributed by atoms with E-state index >= 15 is 0 Å². The molecule has 51 heavy (non-hydrogen) atoms. The average molecular weight is 656 g/mol. The molecular weight excluding hydrogens is 623 g/mol. The number of anilines is 2.